The quantitative estimate of drug-likeness (QED) is 0.605. The van der Waals surface area contributed by atoms with Crippen LogP contribution < -0.4 is 4.74 Å². The van der Waals surface area contributed by atoms with Crippen molar-refractivity contribution in [1.29, 1.82) is 0 Å². The smallest absolute Gasteiger partial charge is 0.359 e. The van der Waals surface area contributed by atoms with Gasteiger partial charge in [0.2, 0.25) is 0 Å². The number of fused-ring (bicyclic) bond motifs is 3. The van der Waals surface area contributed by atoms with Crippen LogP contribution in [0.25, 0.3) is 10.8 Å². The van der Waals surface area contributed by atoms with Gasteiger partial charge >= 0.3 is 10.1 Å². The second-order valence-corrected chi connectivity index (χ2v) is 8.62. The van der Waals surface area contributed by atoms with E-state index in [1.165, 1.54) is 0 Å². The van der Waals surface area contributed by atoms with Crippen molar-refractivity contribution in [2.45, 2.75) is 38.7 Å². The van der Waals surface area contributed by atoms with E-state index >= 15 is 0 Å². The van der Waals surface area contributed by atoms with Gasteiger partial charge in [-0.25, -0.2) is 0 Å². The molecule has 6 heteroatoms. The van der Waals surface area contributed by atoms with Crippen LogP contribution in [0, 0.1) is 20.8 Å². The molecule has 0 saturated heterocycles. The van der Waals surface area contributed by atoms with E-state index in [1.807, 2.05) is 62.4 Å². The van der Waals surface area contributed by atoms with Gasteiger partial charge in [0.15, 0.2) is 0 Å². The average molecular weight is 395 g/mol. The number of hydrogen-bond donors (Lipinski definition) is 0. The Morgan fingerprint density at radius 3 is 2.39 bits per heavy atom. The van der Waals surface area contributed by atoms with Crippen LogP contribution in [0.1, 0.15) is 29.2 Å². The predicted octanol–water partition coefficient (Wildman–Crippen LogP) is 4.66. The standard InChI is InChI=1S/C22H21NO4S/c1-13-11-14(2)22(15(3)12-13)28(24,25)27-23-21-16(4)26-19-10-9-17-7-5-6-8-18(17)20(19)21/h5-12,16H,1-4H3/b23-21+. The molecule has 1 heterocycles. The highest BCUT2D eigenvalue weighted by atomic mass is 32.2. The normalized spacial score (nSPS) is 17.6. The Hall–Kier alpha value is -2.86. The Morgan fingerprint density at radius 1 is 1.00 bits per heavy atom. The van der Waals surface area contributed by atoms with Crippen molar-refractivity contribution in [3.8, 4) is 5.75 Å². The molecule has 144 valence electrons. The molecule has 3 aromatic rings. The van der Waals surface area contributed by atoms with Gasteiger partial charge in [0.05, 0.1) is 5.56 Å². The lowest BCUT2D eigenvalue weighted by molar-refractivity contribution is 0.291. The zero-order chi connectivity index (χ0) is 20.1. The van der Waals surface area contributed by atoms with Gasteiger partial charge in [-0.3, -0.25) is 4.28 Å². The fraction of sp³-hybridized carbons (Fsp3) is 0.227. The Kier molecular flexibility index (Phi) is 4.38. The van der Waals surface area contributed by atoms with Crippen LogP contribution in [0.5, 0.6) is 5.75 Å². The van der Waals surface area contributed by atoms with Gasteiger partial charge in [0.1, 0.15) is 22.5 Å². The zero-order valence-corrected chi connectivity index (χ0v) is 17.0. The SMILES string of the molecule is Cc1cc(C)c(S(=O)(=O)O/N=C2/c3c(ccc4ccccc34)OC2C)c(C)c1. The summed E-state index contributed by atoms with van der Waals surface area (Å²) in [5, 5.41) is 6.03. The molecule has 0 bridgehead atoms. The largest absolute Gasteiger partial charge is 0.484 e. The van der Waals surface area contributed by atoms with E-state index < -0.39 is 16.2 Å². The molecule has 5 nitrogen and oxygen atoms in total. The molecule has 0 spiro atoms. The van der Waals surface area contributed by atoms with Crippen molar-refractivity contribution in [3.63, 3.8) is 0 Å². The first-order valence-corrected chi connectivity index (χ1v) is 10.5. The van der Waals surface area contributed by atoms with Crippen molar-refractivity contribution in [2.75, 3.05) is 0 Å². The topological polar surface area (TPSA) is 65.0 Å². The van der Waals surface area contributed by atoms with Crippen LogP contribution in [0.15, 0.2) is 58.6 Å². The summed E-state index contributed by atoms with van der Waals surface area (Å²) in [5.74, 6) is 0.675. The summed E-state index contributed by atoms with van der Waals surface area (Å²) >= 11 is 0. The summed E-state index contributed by atoms with van der Waals surface area (Å²) in [4.78, 5) is 0.159. The lowest BCUT2D eigenvalue weighted by Gasteiger charge is -2.11. The maximum atomic E-state index is 12.9. The Labute approximate surface area is 164 Å². The van der Waals surface area contributed by atoms with Crippen LogP contribution in [0.3, 0.4) is 0 Å². The highest BCUT2D eigenvalue weighted by Crippen LogP contribution is 2.36. The molecule has 0 saturated carbocycles. The molecule has 28 heavy (non-hydrogen) atoms. The van der Waals surface area contributed by atoms with Gasteiger partial charge in [-0.1, -0.05) is 53.2 Å². The minimum absolute atomic E-state index is 0.159. The van der Waals surface area contributed by atoms with E-state index in [-0.39, 0.29) is 4.90 Å². The minimum atomic E-state index is -4.05. The summed E-state index contributed by atoms with van der Waals surface area (Å²) in [7, 11) is -4.05. The van der Waals surface area contributed by atoms with E-state index in [4.69, 9.17) is 9.02 Å². The second kappa shape index (κ2) is 6.63. The van der Waals surface area contributed by atoms with Crippen molar-refractivity contribution < 1.29 is 17.4 Å². The summed E-state index contributed by atoms with van der Waals surface area (Å²) in [6.07, 6.45) is -0.406. The van der Waals surface area contributed by atoms with Gasteiger partial charge in [0.25, 0.3) is 0 Å². The summed E-state index contributed by atoms with van der Waals surface area (Å²) in [5.41, 5.74) is 3.52. The molecule has 0 radical (unpaired) electrons. The Morgan fingerprint density at radius 2 is 1.68 bits per heavy atom. The molecule has 4 rings (SSSR count). The Bertz CT molecular complexity index is 1210. The molecule has 0 N–H and O–H groups in total. The Balaban J connectivity index is 1.79. The van der Waals surface area contributed by atoms with E-state index in [9.17, 15) is 8.42 Å². The molecular formula is C22H21NO4S. The molecule has 0 aromatic heterocycles. The van der Waals surface area contributed by atoms with Crippen molar-refractivity contribution >= 4 is 26.6 Å². The summed E-state index contributed by atoms with van der Waals surface area (Å²) < 4.78 is 36.7. The summed E-state index contributed by atoms with van der Waals surface area (Å²) in [6, 6.07) is 15.3. The van der Waals surface area contributed by atoms with Gasteiger partial charge < -0.3 is 4.74 Å². The van der Waals surface area contributed by atoms with Gasteiger partial charge in [-0.05, 0) is 55.7 Å². The van der Waals surface area contributed by atoms with E-state index in [2.05, 4.69) is 5.16 Å². The molecule has 1 atom stereocenters. The molecule has 0 aliphatic carbocycles. The maximum absolute atomic E-state index is 12.9. The highest BCUT2D eigenvalue weighted by Gasteiger charge is 2.31. The fourth-order valence-corrected chi connectivity index (χ4v) is 5.03. The number of nitrogens with zero attached hydrogens (tertiary/aromatic N) is 1. The van der Waals surface area contributed by atoms with Crippen LogP contribution in [0.2, 0.25) is 0 Å². The monoisotopic (exact) mass is 395 g/mol. The van der Waals surface area contributed by atoms with Crippen LogP contribution >= 0.6 is 0 Å². The number of aryl methyl sites for hydroxylation is 3. The molecule has 1 unspecified atom stereocenters. The first-order valence-electron chi connectivity index (χ1n) is 9.06. The minimum Gasteiger partial charge on any atom is -0.484 e. The van der Waals surface area contributed by atoms with E-state index in [0.29, 0.717) is 22.6 Å². The number of benzene rings is 3. The average Bonchev–Trinajstić information content (AvgIpc) is 2.94. The lowest BCUT2D eigenvalue weighted by Crippen LogP contribution is -2.18. The van der Waals surface area contributed by atoms with Gasteiger partial charge in [-0.2, -0.15) is 8.42 Å². The molecule has 0 fully saturated rings. The maximum Gasteiger partial charge on any atom is 0.359 e. The third kappa shape index (κ3) is 3.03. The van der Waals surface area contributed by atoms with E-state index in [1.54, 1.807) is 13.8 Å². The lowest BCUT2D eigenvalue weighted by atomic mass is 10.00. The number of oxime groups is 1. The number of ether oxygens (including phenoxy) is 1. The molecule has 3 aromatic carbocycles. The molecule has 1 aliphatic rings. The summed E-state index contributed by atoms with van der Waals surface area (Å²) in [6.45, 7) is 7.27. The molecular weight excluding hydrogens is 374 g/mol. The molecule has 1 aliphatic heterocycles. The number of hydrogen-bond acceptors (Lipinski definition) is 5. The molecule has 0 amide bonds. The zero-order valence-electron chi connectivity index (χ0n) is 16.2. The van der Waals surface area contributed by atoms with Gasteiger partial charge in [0, 0.05) is 0 Å². The van der Waals surface area contributed by atoms with Crippen molar-refractivity contribution in [2.24, 2.45) is 5.16 Å². The van der Waals surface area contributed by atoms with Crippen molar-refractivity contribution in [1.82, 2.24) is 0 Å². The highest BCUT2D eigenvalue weighted by molar-refractivity contribution is 7.86. The van der Waals surface area contributed by atoms with Crippen LogP contribution in [0.4, 0.5) is 0 Å². The van der Waals surface area contributed by atoms with Gasteiger partial charge in [-0.15, -0.1) is 0 Å². The first kappa shape index (κ1) is 18.5. The third-order valence-corrected chi connectivity index (χ3v) is 6.34. The number of rotatable bonds is 3. The third-order valence-electron chi connectivity index (χ3n) is 4.92. The van der Waals surface area contributed by atoms with E-state index in [0.717, 1.165) is 21.9 Å². The first-order chi connectivity index (χ1) is 13.3. The van der Waals surface area contributed by atoms with Crippen molar-refractivity contribution in [3.05, 3.63) is 70.8 Å². The second-order valence-electron chi connectivity index (χ2n) is 7.15. The fourth-order valence-electron chi connectivity index (χ4n) is 3.87. The predicted molar refractivity (Wildman–Crippen MR) is 109 cm³/mol. The van der Waals surface area contributed by atoms with Crippen LogP contribution in [-0.2, 0) is 14.4 Å². The van der Waals surface area contributed by atoms with Crippen LogP contribution in [-0.4, -0.2) is 20.2 Å².